The SMILES string of the molecule is CCN(CCC#N)C(=O)c1cccc(F)c1N. The molecule has 0 radical (unpaired) electrons. The number of hydrogen-bond acceptors (Lipinski definition) is 3. The van der Waals surface area contributed by atoms with Crippen molar-refractivity contribution in [1.29, 1.82) is 5.26 Å². The molecule has 0 heterocycles. The Balaban J connectivity index is 2.94. The summed E-state index contributed by atoms with van der Waals surface area (Å²) in [5.74, 6) is -0.952. The van der Waals surface area contributed by atoms with Crippen LogP contribution in [-0.2, 0) is 0 Å². The molecule has 17 heavy (non-hydrogen) atoms. The maximum absolute atomic E-state index is 13.2. The number of anilines is 1. The highest BCUT2D eigenvalue weighted by molar-refractivity contribution is 5.99. The van der Waals surface area contributed by atoms with Gasteiger partial charge in [-0.1, -0.05) is 6.07 Å². The van der Waals surface area contributed by atoms with Crippen LogP contribution in [-0.4, -0.2) is 23.9 Å². The number of carbonyl (C=O) groups excluding carboxylic acids is 1. The van der Waals surface area contributed by atoms with Crippen molar-refractivity contribution in [2.75, 3.05) is 18.8 Å². The second-order valence-corrected chi connectivity index (χ2v) is 3.49. The van der Waals surface area contributed by atoms with E-state index in [0.29, 0.717) is 13.1 Å². The van der Waals surface area contributed by atoms with Crippen molar-refractivity contribution >= 4 is 11.6 Å². The molecule has 0 aliphatic rings. The highest BCUT2D eigenvalue weighted by Gasteiger charge is 2.17. The molecular formula is C12H14FN3O. The average molecular weight is 235 g/mol. The molecule has 0 aliphatic heterocycles. The molecule has 1 aromatic carbocycles. The highest BCUT2D eigenvalue weighted by Crippen LogP contribution is 2.17. The van der Waals surface area contributed by atoms with Gasteiger partial charge in [0.2, 0.25) is 0 Å². The van der Waals surface area contributed by atoms with Gasteiger partial charge in [-0.25, -0.2) is 4.39 Å². The smallest absolute Gasteiger partial charge is 0.256 e. The first-order valence-corrected chi connectivity index (χ1v) is 5.32. The number of nitrogen functional groups attached to an aromatic ring is 1. The first-order valence-electron chi connectivity index (χ1n) is 5.32. The molecule has 0 saturated heterocycles. The van der Waals surface area contributed by atoms with Gasteiger partial charge in [-0.05, 0) is 19.1 Å². The topological polar surface area (TPSA) is 70.1 Å². The molecule has 4 nitrogen and oxygen atoms in total. The van der Waals surface area contributed by atoms with E-state index in [2.05, 4.69) is 0 Å². The number of benzene rings is 1. The van der Waals surface area contributed by atoms with E-state index in [0.717, 1.165) is 0 Å². The summed E-state index contributed by atoms with van der Waals surface area (Å²) in [6, 6.07) is 6.10. The number of para-hydroxylation sites is 1. The molecule has 0 spiro atoms. The zero-order valence-electron chi connectivity index (χ0n) is 9.61. The Kier molecular flexibility index (Phi) is 4.46. The van der Waals surface area contributed by atoms with Crippen LogP contribution >= 0.6 is 0 Å². The predicted molar refractivity (Wildman–Crippen MR) is 62.6 cm³/mol. The Hall–Kier alpha value is -2.09. The summed E-state index contributed by atoms with van der Waals surface area (Å²) in [5.41, 5.74) is 5.52. The van der Waals surface area contributed by atoms with Crippen molar-refractivity contribution in [1.82, 2.24) is 4.90 Å². The van der Waals surface area contributed by atoms with E-state index in [1.807, 2.05) is 6.07 Å². The highest BCUT2D eigenvalue weighted by atomic mass is 19.1. The lowest BCUT2D eigenvalue weighted by Crippen LogP contribution is -2.32. The van der Waals surface area contributed by atoms with Gasteiger partial charge in [-0.3, -0.25) is 4.79 Å². The summed E-state index contributed by atoms with van der Waals surface area (Å²) >= 11 is 0. The minimum absolute atomic E-state index is 0.143. The summed E-state index contributed by atoms with van der Waals surface area (Å²) in [7, 11) is 0. The van der Waals surface area contributed by atoms with E-state index >= 15 is 0 Å². The Morgan fingerprint density at radius 2 is 2.29 bits per heavy atom. The Morgan fingerprint density at radius 1 is 1.59 bits per heavy atom. The van der Waals surface area contributed by atoms with Crippen molar-refractivity contribution < 1.29 is 9.18 Å². The summed E-state index contributed by atoms with van der Waals surface area (Å²) in [6.45, 7) is 2.57. The molecule has 0 saturated carbocycles. The van der Waals surface area contributed by atoms with Gasteiger partial charge < -0.3 is 10.6 Å². The largest absolute Gasteiger partial charge is 0.396 e. The molecule has 0 unspecified atom stereocenters. The van der Waals surface area contributed by atoms with Gasteiger partial charge in [0.05, 0.1) is 23.7 Å². The number of amides is 1. The Labute approximate surface area is 99.4 Å². The monoisotopic (exact) mass is 235 g/mol. The van der Waals surface area contributed by atoms with Crippen LogP contribution in [0, 0.1) is 17.1 Å². The fourth-order valence-corrected chi connectivity index (χ4v) is 1.48. The third-order valence-electron chi connectivity index (χ3n) is 2.45. The van der Waals surface area contributed by atoms with Crippen LogP contribution in [0.25, 0.3) is 0 Å². The molecule has 0 bridgehead atoms. The van der Waals surface area contributed by atoms with Gasteiger partial charge in [-0.2, -0.15) is 5.26 Å². The van der Waals surface area contributed by atoms with E-state index in [1.165, 1.54) is 23.1 Å². The van der Waals surface area contributed by atoms with E-state index in [1.54, 1.807) is 6.92 Å². The van der Waals surface area contributed by atoms with Gasteiger partial charge in [0, 0.05) is 13.1 Å². The van der Waals surface area contributed by atoms with Gasteiger partial charge in [0.25, 0.3) is 5.91 Å². The minimum Gasteiger partial charge on any atom is -0.396 e. The third-order valence-corrected chi connectivity index (χ3v) is 2.45. The van der Waals surface area contributed by atoms with Crippen molar-refractivity contribution in [3.8, 4) is 6.07 Å². The van der Waals surface area contributed by atoms with Crippen LogP contribution in [0.4, 0.5) is 10.1 Å². The zero-order chi connectivity index (χ0) is 12.8. The molecule has 2 N–H and O–H groups in total. The molecular weight excluding hydrogens is 221 g/mol. The second-order valence-electron chi connectivity index (χ2n) is 3.49. The fraction of sp³-hybridized carbons (Fsp3) is 0.333. The standard InChI is InChI=1S/C12H14FN3O/c1-2-16(8-4-7-14)12(17)9-5-3-6-10(13)11(9)15/h3,5-6H,2,4,8,15H2,1H3. The quantitative estimate of drug-likeness (QED) is 0.809. The van der Waals surface area contributed by atoms with Gasteiger partial charge in [-0.15, -0.1) is 0 Å². The Morgan fingerprint density at radius 3 is 2.88 bits per heavy atom. The minimum atomic E-state index is -0.604. The van der Waals surface area contributed by atoms with Crippen LogP contribution in [0.3, 0.4) is 0 Å². The number of halogens is 1. The first-order chi connectivity index (χ1) is 8.11. The molecule has 0 aliphatic carbocycles. The lowest BCUT2D eigenvalue weighted by atomic mass is 10.1. The molecule has 0 fully saturated rings. The number of hydrogen-bond donors (Lipinski definition) is 1. The molecule has 1 aromatic rings. The van der Waals surface area contributed by atoms with Crippen LogP contribution < -0.4 is 5.73 Å². The van der Waals surface area contributed by atoms with Crippen LogP contribution in [0.1, 0.15) is 23.7 Å². The lowest BCUT2D eigenvalue weighted by Gasteiger charge is -2.20. The summed E-state index contributed by atoms with van der Waals surface area (Å²) in [4.78, 5) is 13.5. The van der Waals surface area contributed by atoms with Crippen molar-refractivity contribution in [2.24, 2.45) is 0 Å². The van der Waals surface area contributed by atoms with Crippen LogP contribution in [0.5, 0.6) is 0 Å². The molecule has 90 valence electrons. The number of nitrogens with two attached hydrogens (primary N) is 1. The molecule has 1 rings (SSSR count). The van der Waals surface area contributed by atoms with Gasteiger partial charge >= 0.3 is 0 Å². The first kappa shape index (κ1) is 13.0. The summed E-state index contributed by atoms with van der Waals surface area (Å²) < 4.78 is 13.2. The van der Waals surface area contributed by atoms with Crippen LogP contribution in [0.15, 0.2) is 18.2 Å². The number of nitrogens with zero attached hydrogens (tertiary/aromatic N) is 2. The molecule has 0 atom stereocenters. The Bertz CT molecular complexity index is 454. The van der Waals surface area contributed by atoms with Crippen LogP contribution in [0.2, 0.25) is 0 Å². The fourth-order valence-electron chi connectivity index (χ4n) is 1.48. The van der Waals surface area contributed by atoms with Crippen molar-refractivity contribution in [3.05, 3.63) is 29.6 Å². The average Bonchev–Trinajstić information content (AvgIpc) is 2.33. The van der Waals surface area contributed by atoms with Gasteiger partial charge in [0.1, 0.15) is 5.82 Å². The van der Waals surface area contributed by atoms with E-state index in [9.17, 15) is 9.18 Å². The van der Waals surface area contributed by atoms with E-state index < -0.39 is 5.82 Å². The van der Waals surface area contributed by atoms with Crippen molar-refractivity contribution in [2.45, 2.75) is 13.3 Å². The number of nitriles is 1. The number of carbonyl (C=O) groups is 1. The van der Waals surface area contributed by atoms with E-state index in [4.69, 9.17) is 11.0 Å². The lowest BCUT2D eigenvalue weighted by molar-refractivity contribution is 0.0768. The molecule has 0 aromatic heterocycles. The molecule has 1 amide bonds. The maximum Gasteiger partial charge on any atom is 0.256 e. The molecule has 5 heteroatoms. The summed E-state index contributed by atoms with van der Waals surface area (Å²) in [6.07, 6.45) is 0.245. The number of rotatable bonds is 4. The normalized spacial score (nSPS) is 9.71. The van der Waals surface area contributed by atoms with Crippen molar-refractivity contribution in [3.63, 3.8) is 0 Å². The second kappa shape index (κ2) is 5.85. The predicted octanol–water partition coefficient (Wildman–Crippen LogP) is 1.78. The van der Waals surface area contributed by atoms with Gasteiger partial charge in [0.15, 0.2) is 0 Å². The van der Waals surface area contributed by atoms with E-state index in [-0.39, 0.29) is 23.6 Å². The third kappa shape index (κ3) is 2.94. The zero-order valence-corrected chi connectivity index (χ0v) is 9.61. The maximum atomic E-state index is 13.2. The summed E-state index contributed by atoms with van der Waals surface area (Å²) in [5, 5.41) is 8.49.